The van der Waals surface area contributed by atoms with Gasteiger partial charge < -0.3 is 0 Å². The third-order valence-electron chi connectivity index (χ3n) is 2.30. The summed E-state index contributed by atoms with van der Waals surface area (Å²) in [6, 6.07) is 2.61. The molecule has 0 amide bonds. The Kier molecular flexibility index (Phi) is 4.27. The van der Waals surface area contributed by atoms with Crippen molar-refractivity contribution in [3.05, 3.63) is 41.2 Å². The molecule has 0 radical (unpaired) electrons. The van der Waals surface area contributed by atoms with Gasteiger partial charge in [-0.1, -0.05) is 26.0 Å². The summed E-state index contributed by atoms with van der Waals surface area (Å²) in [5.41, 5.74) is -1.20. The number of benzene rings is 1. The van der Waals surface area contributed by atoms with Gasteiger partial charge in [0.2, 0.25) is 0 Å². The van der Waals surface area contributed by atoms with Crippen LogP contribution in [0.2, 0.25) is 0 Å². The maximum Gasteiger partial charge on any atom is 0.419 e. The highest BCUT2D eigenvalue weighted by Gasteiger charge is 2.33. The van der Waals surface area contributed by atoms with E-state index in [9.17, 15) is 22.4 Å². The Labute approximate surface area is 102 Å². The standard InChI is InChI=1S/C13H12F4O/c1-8(2)12(18)6-4-9-3-5-11(14)10(7-9)13(15,16)17/h3-8H,1-2H3/b6-4+. The molecular formula is C13H12F4O. The fraction of sp³-hybridized carbons (Fsp3) is 0.308. The maximum absolute atomic E-state index is 13.0. The van der Waals surface area contributed by atoms with Gasteiger partial charge in [0.05, 0.1) is 5.56 Å². The number of rotatable bonds is 3. The normalized spacial score (nSPS) is 12.4. The summed E-state index contributed by atoms with van der Waals surface area (Å²) >= 11 is 0. The van der Waals surface area contributed by atoms with Crippen molar-refractivity contribution in [2.24, 2.45) is 5.92 Å². The molecule has 18 heavy (non-hydrogen) atoms. The molecule has 0 atom stereocenters. The van der Waals surface area contributed by atoms with E-state index in [0.29, 0.717) is 6.07 Å². The molecule has 0 N–H and O–H groups in total. The van der Waals surface area contributed by atoms with Crippen molar-refractivity contribution in [2.45, 2.75) is 20.0 Å². The second kappa shape index (κ2) is 5.33. The minimum absolute atomic E-state index is 0.137. The molecule has 1 rings (SSSR count). The Hall–Kier alpha value is -1.65. The lowest BCUT2D eigenvalue weighted by Crippen LogP contribution is -2.08. The van der Waals surface area contributed by atoms with Crippen molar-refractivity contribution >= 4 is 11.9 Å². The number of alkyl halides is 3. The van der Waals surface area contributed by atoms with Crippen molar-refractivity contribution in [3.8, 4) is 0 Å². The van der Waals surface area contributed by atoms with E-state index in [0.717, 1.165) is 6.07 Å². The van der Waals surface area contributed by atoms with Crippen LogP contribution in [-0.2, 0) is 11.0 Å². The Bertz CT molecular complexity index is 472. The molecule has 0 saturated carbocycles. The lowest BCUT2D eigenvalue weighted by atomic mass is 10.1. The van der Waals surface area contributed by atoms with Gasteiger partial charge in [0.15, 0.2) is 5.78 Å². The first-order chi connectivity index (χ1) is 8.21. The summed E-state index contributed by atoms with van der Waals surface area (Å²) in [6.45, 7) is 3.36. The number of hydrogen-bond acceptors (Lipinski definition) is 1. The molecule has 1 nitrogen and oxygen atoms in total. The van der Waals surface area contributed by atoms with Gasteiger partial charge >= 0.3 is 6.18 Å². The van der Waals surface area contributed by atoms with Gasteiger partial charge in [-0.3, -0.25) is 4.79 Å². The quantitative estimate of drug-likeness (QED) is 0.591. The first-order valence-corrected chi connectivity index (χ1v) is 5.30. The average Bonchev–Trinajstić information content (AvgIpc) is 2.25. The molecule has 1 aromatic carbocycles. The van der Waals surface area contributed by atoms with Crippen molar-refractivity contribution < 1.29 is 22.4 Å². The Morgan fingerprint density at radius 1 is 1.28 bits per heavy atom. The topological polar surface area (TPSA) is 17.1 Å². The van der Waals surface area contributed by atoms with Gasteiger partial charge in [0.1, 0.15) is 5.82 Å². The minimum atomic E-state index is -4.74. The van der Waals surface area contributed by atoms with Crippen LogP contribution in [-0.4, -0.2) is 5.78 Å². The van der Waals surface area contributed by atoms with Crippen LogP contribution in [0.15, 0.2) is 24.3 Å². The molecule has 0 fully saturated rings. The Morgan fingerprint density at radius 3 is 2.39 bits per heavy atom. The average molecular weight is 260 g/mol. The molecule has 0 saturated heterocycles. The van der Waals surface area contributed by atoms with Crippen molar-refractivity contribution in [1.82, 2.24) is 0 Å². The second-order valence-corrected chi connectivity index (χ2v) is 4.13. The molecular weight excluding hydrogens is 248 g/mol. The van der Waals surface area contributed by atoms with E-state index in [-0.39, 0.29) is 17.3 Å². The first-order valence-electron chi connectivity index (χ1n) is 5.30. The summed E-state index contributed by atoms with van der Waals surface area (Å²) in [7, 11) is 0. The van der Waals surface area contributed by atoms with Crippen LogP contribution >= 0.6 is 0 Å². The molecule has 0 aromatic heterocycles. The molecule has 0 aliphatic carbocycles. The van der Waals surface area contributed by atoms with Gasteiger partial charge in [0.25, 0.3) is 0 Å². The van der Waals surface area contributed by atoms with E-state index in [1.165, 1.54) is 18.2 Å². The summed E-state index contributed by atoms with van der Waals surface area (Å²) in [5, 5.41) is 0. The van der Waals surface area contributed by atoms with Gasteiger partial charge in [-0.05, 0) is 23.8 Å². The SMILES string of the molecule is CC(C)C(=O)/C=C/c1ccc(F)c(C(F)(F)F)c1. The molecule has 0 heterocycles. The van der Waals surface area contributed by atoms with Gasteiger partial charge in [-0.2, -0.15) is 13.2 Å². The fourth-order valence-electron chi connectivity index (χ4n) is 1.23. The predicted molar refractivity (Wildman–Crippen MR) is 60.3 cm³/mol. The van der Waals surface area contributed by atoms with Crippen LogP contribution in [0.1, 0.15) is 25.0 Å². The predicted octanol–water partition coefficient (Wildman–Crippen LogP) is 4.08. The molecule has 98 valence electrons. The van der Waals surface area contributed by atoms with E-state index >= 15 is 0 Å². The van der Waals surface area contributed by atoms with Gasteiger partial charge in [0, 0.05) is 5.92 Å². The molecule has 0 aliphatic heterocycles. The molecule has 1 aromatic rings. The van der Waals surface area contributed by atoms with E-state index < -0.39 is 17.6 Å². The molecule has 5 heteroatoms. The van der Waals surface area contributed by atoms with E-state index in [4.69, 9.17) is 0 Å². The molecule has 0 bridgehead atoms. The van der Waals surface area contributed by atoms with Crippen LogP contribution < -0.4 is 0 Å². The lowest BCUT2D eigenvalue weighted by Gasteiger charge is -2.08. The van der Waals surface area contributed by atoms with E-state index in [2.05, 4.69) is 0 Å². The zero-order valence-electron chi connectivity index (χ0n) is 9.88. The lowest BCUT2D eigenvalue weighted by molar-refractivity contribution is -0.140. The minimum Gasteiger partial charge on any atom is -0.295 e. The summed E-state index contributed by atoms with van der Waals surface area (Å²) in [6.07, 6.45) is -2.30. The third kappa shape index (κ3) is 3.68. The van der Waals surface area contributed by atoms with Crippen molar-refractivity contribution in [1.29, 1.82) is 0 Å². The first kappa shape index (κ1) is 14.4. The monoisotopic (exact) mass is 260 g/mol. The van der Waals surface area contributed by atoms with Crippen LogP contribution in [0.4, 0.5) is 17.6 Å². The highest BCUT2D eigenvalue weighted by atomic mass is 19.4. The number of carbonyl (C=O) groups is 1. The summed E-state index contributed by atoms with van der Waals surface area (Å²) in [4.78, 5) is 11.3. The summed E-state index contributed by atoms with van der Waals surface area (Å²) in [5.74, 6) is -1.76. The largest absolute Gasteiger partial charge is 0.419 e. The maximum atomic E-state index is 13.0. The second-order valence-electron chi connectivity index (χ2n) is 4.13. The van der Waals surface area contributed by atoms with Crippen LogP contribution in [0.5, 0.6) is 0 Å². The van der Waals surface area contributed by atoms with Crippen molar-refractivity contribution in [3.63, 3.8) is 0 Å². The number of carbonyl (C=O) groups excluding carboxylic acids is 1. The van der Waals surface area contributed by atoms with Crippen molar-refractivity contribution in [2.75, 3.05) is 0 Å². The van der Waals surface area contributed by atoms with Gasteiger partial charge in [-0.25, -0.2) is 4.39 Å². The third-order valence-corrected chi connectivity index (χ3v) is 2.30. The smallest absolute Gasteiger partial charge is 0.295 e. The van der Waals surface area contributed by atoms with Crippen LogP contribution in [0.25, 0.3) is 6.08 Å². The molecule has 0 unspecified atom stereocenters. The number of allylic oxidation sites excluding steroid dienone is 1. The number of hydrogen-bond donors (Lipinski definition) is 0. The summed E-state index contributed by atoms with van der Waals surface area (Å²) < 4.78 is 50.3. The van der Waals surface area contributed by atoms with E-state index in [1.54, 1.807) is 13.8 Å². The fourth-order valence-corrected chi connectivity index (χ4v) is 1.23. The highest BCUT2D eigenvalue weighted by molar-refractivity contribution is 5.94. The Morgan fingerprint density at radius 2 is 1.89 bits per heavy atom. The van der Waals surface area contributed by atoms with Crippen LogP contribution in [0.3, 0.4) is 0 Å². The zero-order chi connectivity index (χ0) is 13.9. The number of ketones is 1. The van der Waals surface area contributed by atoms with E-state index in [1.807, 2.05) is 0 Å². The Balaban J connectivity index is 3.03. The number of halogens is 4. The van der Waals surface area contributed by atoms with Gasteiger partial charge in [-0.15, -0.1) is 0 Å². The highest BCUT2D eigenvalue weighted by Crippen LogP contribution is 2.32. The zero-order valence-corrected chi connectivity index (χ0v) is 9.88. The molecule has 0 spiro atoms. The van der Waals surface area contributed by atoms with Crippen LogP contribution in [0, 0.1) is 11.7 Å². The molecule has 0 aliphatic rings.